The Hall–Kier alpha value is -3.66. The van der Waals surface area contributed by atoms with Gasteiger partial charge in [-0.3, -0.25) is 0 Å². The van der Waals surface area contributed by atoms with E-state index in [-0.39, 0.29) is 5.88 Å². The number of hydrogen-bond donors (Lipinski definition) is 2. The van der Waals surface area contributed by atoms with Crippen LogP contribution in [-0.2, 0) is 0 Å². The van der Waals surface area contributed by atoms with E-state index in [9.17, 15) is 5.11 Å². The van der Waals surface area contributed by atoms with Crippen LogP contribution in [0.3, 0.4) is 0 Å². The van der Waals surface area contributed by atoms with E-state index in [2.05, 4.69) is 4.98 Å². The molecule has 124 valence electrons. The lowest BCUT2D eigenvalue weighted by Crippen LogP contribution is -2.19. The zero-order valence-electron chi connectivity index (χ0n) is 13.8. The molecule has 0 bridgehead atoms. The summed E-state index contributed by atoms with van der Waals surface area (Å²) in [6.45, 7) is 0. The predicted molar refractivity (Wildman–Crippen MR) is 101 cm³/mol. The Morgan fingerprint density at radius 3 is 2.08 bits per heavy atom. The standard InChI is InChI=1S/C22H15N3O/c26-22-20(15-10-4-5-11-16(15)25-22)19(14-8-2-1-3-9-14)21-23-17-12-6-7-13-18(17)24-21/h1-13,25-26H. The van der Waals surface area contributed by atoms with Gasteiger partial charge in [-0.25, -0.2) is 9.98 Å². The predicted octanol–water partition coefficient (Wildman–Crippen LogP) is 3.54. The van der Waals surface area contributed by atoms with Gasteiger partial charge in [0, 0.05) is 16.5 Å². The third-order valence-corrected chi connectivity index (χ3v) is 4.56. The van der Waals surface area contributed by atoms with E-state index < -0.39 is 0 Å². The van der Waals surface area contributed by atoms with E-state index >= 15 is 0 Å². The molecule has 2 heterocycles. The van der Waals surface area contributed by atoms with Gasteiger partial charge in [0.05, 0.1) is 16.3 Å². The van der Waals surface area contributed by atoms with E-state index in [0.29, 0.717) is 5.82 Å². The van der Waals surface area contributed by atoms with Gasteiger partial charge in [0.1, 0.15) is 0 Å². The molecule has 4 aromatic rings. The Morgan fingerprint density at radius 2 is 1.35 bits per heavy atom. The molecule has 0 aliphatic carbocycles. The highest BCUT2D eigenvalue weighted by atomic mass is 16.3. The normalized spacial score (nSPS) is 12.5. The Kier molecular flexibility index (Phi) is 3.22. The number of H-pyrrole nitrogens is 1. The van der Waals surface area contributed by atoms with Crippen molar-refractivity contribution in [3.63, 3.8) is 0 Å². The molecule has 1 aliphatic rings. The summed E-state index contributed by atoms with van der Waals surface area (Å²) >= 11 is 0. The number of aromatic nitrogens is 1. The zero-order chi connectivity index (χ0) is 17.5. The minimum atomic E-state index is 0.124. The summed E-state index contributed by atoms with van der Waals surface area (Å²) in [6, 6.07) is 25.6. The molecule has 5 rings (SSSR count). The fourth-order valence-corrected chi connectivity index (χ4v) is 3.39. The number of aromatic amines is 1. The molecule has 0 radical (unpaired) electrons. The maximum Gasteiger partial charge on any atom is 0.197 e. The summed E-state index contributed by atoms with van der Waals surface area (Å²) in [6.07, 6.45) is 0. The smallest absolute Gasteiger partial charge is 0.197 e. The number of para-hydroxylation sites is 3. The summed E-state index contributed by atoms with van der Waals surface area (Å²) in [5, 5.41) is 13.3. The van der Waals surface area contributed by atoms with Crippen molar-refractivity contribution in [2.24, 2.45) is 9.98 Å². The number of aromatic hydroxyl groups is 1. The van der Waals surface area contributed by atoms with Gasteiger partial charge < -0.3 is 10.1 Å². The van der Waals surface area contributed by atoms with Crippen LogP contribution < -0.4 is 10.7 Å². The van der Waals surface area contributed by atoms with Crippen molar-refractivity contribution < 1.29 is 5.11 Å². The maximum absolute atomic E-state index is 10.7. The Labute approximate surface area is 149 Å². The van der Waals surface area contributed by atoms with Gasteiger partial charge in [0.2, 0.25) is 0 Å². The van der Waals surface area contributed by atoms with Gasteiger partial charge in [-0.1, -0.05) is 60.7 Å². The van der Waals surface area contributed by atoms with E-state index in [1.54, 1.807) is 0 Å². The van der Waals surface area contributed by atoms with Gasteiger partial charge in [0.25, 0.3) is 0 Å². The molecule has 0 unspecified atom stereocenters. The number of rotatable bonds is 2. The second-order valence-corrected chi connectivity index (χ2v) is 6.17. The number of fused-ring (bicyclic) bond motifs is 2. The van der Waals surface area contributed by atoms with Crippen LogP contribution >= 0.6 is 0 Å². The highest BCUT2D eigenvalue weighted by Gasteiger charge is 2.21. The molecule has 2 N–H and O–H groups in total. The van der Waals surface area contributed by atoms with Crippen LogP contribution in [0.1, 0.15) is 11.1 Å². The molecule has 4 nitrogen and oxygen atoms in total. The molecule has 4 heteroatoms. The summed E-state index contributed by atoms with van der Waals surface area (Å²) in [5.74, 6) is 0.733. The number of nitrogens with zero attached hydrogens (tertiary/aromatic N) is 2. The quantitative estimate of drug-likeness (QED) is 0.577. The topological polar surface area (TPSA) is 60.7 Å². The highest BCUT2D eigenvalue weighted by molar-refractivity contribution is 6.00. The van der Waals surface area contributed by atoms with Crippen LogP contribution in [-0.4, -0.2) is 10.1 Å². The molecule has 1 aliphatic heterocycles. The van der Waals surface area contributed by atoms with Crippen molar-refractivity contribution in [2.75, 3.05) is 0 Å². The second kappa shape index (κ2) is 5.70. The van der Waals surface area contributed by atoms with Crippen LogP contribution in [0.15, 0.2) is 94.7 Å². The first-order chi connectivity index (χ1) is 12.8. The molecule has 0 saturated carbocycles. The Morgan fingerprint density at radius 1 is 0.731 bits per heavy atom. The van der Waals surface area contributed by atoms with Crippen LogP contribution in [0.2, 0.25) is 0 Å². The number of hydrogen-bond acceptors (Lipinski definition) is 3. The number of nitrogens with one attached hydrogen (secondary N) is 1. The van der Waals surface area contributed by atoms with Crippen molar-refractivity contribution in [1.29, 1.82) is 0 Å². The molecular weight excluding hydrogens is 322 g/mol. The van der Waals surface area contributed by atoms with Crippen molar-refractivity contribution in [3.8, 4) is 5.88 Å². The lowest BCUT2D eigenvalue weighted by Gasteiger charge is -2.09. The zero-order valence-corrected chi connectivity index (χ0v) is 13.8. The summed E-state index contributed by atoms with van der Waals surface area (Å²) < 4.78 is 0. The van der Waals surface area contributed by atoms with Crippen LogP contribution in [0.5, 0.6) is 5.88 Å². The first-order valence-electron chi connectivity index (χ1n) is 8.43. The SMILES string of the molecule is Oc1[nH]c2ccccc2c1C(=C1N=c2ccccc2=N1)c1ccccc1. The molecular formula is C22H15N3O. The van der Waals surface area contributed by atoms with E-state index in [1.165, 1.54) is 0 Å². The van der Waals surface area contributed by atoms with Crippen LogP contribution in [0, 0.1) is 0 Å². The third-order valence-electron chi connectivity index (χ3n) is 4.56. The fraction of sp³-hybridized carbons (Fsp3) is 0. The third kappa shape index (κ3) is 2.24. The molecule has 3 aromatic carbocycles. The number of benzene rings is 3. The maximum atomic E-state index is 10.7. The van der Waals surface area contributed by atoms with Crippen molar-refractivity contribution in [1.82, 2.24) is 4.98 Å². The monoisotopic (exact) mass is 337 g/mol. The minimum absolute atomic E-state index is 0.124. The van der Waals surface area contributed by atoms with Gasteiger partial charge in [-0.05, 0) is 23.8 Å². The van der Waals surface area contributed by atoms with Gasteiger partial charge in [-0.15, -0.1) is 0 Å². The molecule has 0 fully saturated rings. The highest BCUT2D eigenvalue weighted by Crippen LogP contribution is 2.39. The molecule has 0 saturated heterocycles. The van der Waals surface area contributed by atoms with Gasteiger partial charge in [0.15, 0.2) is 11.7 Å². The summed E-state index contributed by atoms with van der Waals surface area (Å²) in [7, 11) is 0. The van der Waals surface area contributed by atoms with Gasteiger partial charge in [-0.2, -0.15) is 0 Å². The van der Waals surface area contributed by atoms with Crippen molar-refractivity contribution in [3.05, 3.63) is 107 Å². The molecule has 1 aromatic heterocycles. The van der Waals surface area contributed by atoms with Crippen LogP contribution in [0.25, 0.3) is 16.5 Å². The molecule has 0 spiro atoms. The molecule has 0 amide bonds. The lowest BCUT2D eigenvalue weighted by atomic mass is 9.97. The fourth-order valence-electron chi connectivity index (χ4n) is 3.39. The Bertz CT molecular complexity index is 1250. The summed E-state index contributed by atoms with van der Waals surface area (Å²) in [5.41, 5.74) is 3.38. The Balaban J connectivity index is 1.89. The average Bonchev–Trinajstić information content (AvgIpc) is 3.24. The summed E-state index contributed by atoms with van der Waals surface area (Å²) in [4.78, 5) is 12.5. The average molecular weight is 337 g/mol. The first-order valence-corrected chi connectivity index (χ1v) is 8.43. The first kappa shape index (κ1) is 14.7. The van der Waals surface area contributed by atoms with E-state index in [0.717, 1.165) is 38.3 Å². The lowest BCUT2D eigenvalue weighted by molar-refractivity contribution is 0.457. The minimum Gasteiger partial charge on any atom is -0.494 e. The molecule has 0 atom stereocenters. The van der Waals surface area contributed by atoms with Gasteiger partial charge >= 0.3 is 0 Å². The largest absolute Gasteiger partial charge is 0.494 e. The van der Waals surface area contributed by atoms with Crippen molar-refractivity contribution >= 4 is 16.5 Å². The van der Waals surface area contributed by atoms with E-state index in [1.807, 2.05) is 78.9 Å². The van der Waals surface area contributed by atoms with Crippen molar-refractivity contribution in [2.45, 2.75) is 0 Å². The molecule has 26 heavy (non-hydrogen) atoms. The second-order valence-electron chi connectivity index (χ2n) is 6.17. The van der Waals surface area contributed by atoms with Crippen LogP contribution in [0.4, 0.5) is 0 Å². The van der Waals surface area contributed by atoms with E-state index in [4.69, 9.17) is 9.98 Å².